The van der Waals surface area contributed by atoms with E-state index in [1.54, 1.807) is 0 Å². The Hall–Kier alpha value is -1.83. The highest BCUT2D eigenvalue weighted by molar-refractivity contribution is 5.49. The lowest BCUT2D eigenvalue weighted by atomic mass is 10.2. The zero-order valence-corrected chi connectivity index (χ0v) is 11.1. The van der Waals surface area contributed by atoms with Gasteiger partial charge >= 0.3 is 11.9 Å². The number of alkyl halides is 3. The van der Waals surface area contributed by atoms with Gasteiger partial charge in [0.2, 0.25) is 0 Å². The quantitative estimate of drug-likeness (QED) is 0.459. The fourth-order valence-corrected chi connectivity index (χ4v) is 1.52. The van der Waals surface area contributed by atoms with Crippen LogP contribution in [0.3, 0.4) is 0 Å². The molecule has 5 nitrogen and oxygen atoms in total. The molecule has 0 radical (unpaired) electrons. The second-order valence-corrected chi connectivity index (χ2v) is 4.44. The molecule has 0 N–H and O–H groups in total. The van der Waals surface area contributed by atoms with Crippen molar-refractivity contribution in [3.8, 4) is 5.75 Å². The molecule has 0 aromatic heterocycles. The van der Waals surface area contributed by atoms with E-state index in [2.05, 4.69) is 0 Å². The molecule has 0 spiro atoms. The van der Waals surface area contributed by atoms with E-state index in [4.69, 9.17) is 4.74 Å². The predicted octanol–water partition coefficient (Wildman–Crippen LogP) is 2.94. The molecule has 0 aliphatic rings. The van der Waals surface area contributed by atoms with Gasteiger partial charge in [-0.15, -0.1) is 0 Å². The van der Waals surface area contributed by atoms with Crippen LogP contribution in [0.4, 0.5) is 18.9 Å². The number of nitrogens with zero attached hydrogens (tertiary/aromatic N) is 2. The average molecular weight is 292 g/mol. The van der Waals surface area contributed by atoms with Gasteiger partial charge in [0.05, 0.1) is 17.1 Å². The van der Waals surface area contributed by atoms with Gasteiger partial charge in [-0.3, -0.25) is 10.1 Å². The first-order valence-electron chi connectivity index (χ1n) is 5.85. The molecule has 112 valence electrons. The summed E-state index contributed by atoms with van der Waals surface area (Å²) in [6.07, 6.45) is -4.00. The standard InChI is InChI=1S/C12H15F3N2O3/c1-16(2)6-3-7-20-11-5-4-9(12(13,14)15)8-10(11)17(18)19/h4-5,8H,3,6-7H2,1-2H3. The number of hydrogen-bond acceptors (Lipinski definition) is 4. The van der Waals surface area contributed by atoms with Gasteiger partial charge in [0, 0.05) is 12.6 Å². The number of nitro groups is 1. The molecule has 1 aromatic rings. The van der Waals surface area contributed by atoms with Crippen LogP contribution in [-0.2, 0) is 6.18 Å². The molecule has 0 amide bonds. The monoisotopic (exact) mass is 292 g/mol. The maximum atomic E-state index is 12.5. The number of ether oxygens (including phenoxy) is 1. The number of nitro benzene ring substituents is 1. The SMILES string of the molecule is CN(C)CCCOc1ccc(C(F)(F)F)cc1[N+](=O)[O-]. The molecule has 0 saturated carbocycles. The summed E-state index contributed by atoms with van der Waals surface area (Å²) in [4.78, 5) is 11.8. The van der Waals surface area contributed by atoms with E-state index in [1.165, 1.54) is 0 Å². The molecule has 0 saturated heterocycles. The van der Waals surface area contributed by atoms with Crippen LogP contribution in [0.5, 0.6) is 5.75 Å². The summed E-state index contributed by atoms with van der Waals surface area (Å²) in [6, 6.07) is 2.24. The lowest BCUT2D eigenvalue weighted by Gasteiger charge is -2.12. The Morgan fingerprint density at radius 2 is 2.00 bits per heavy atom. The first-order valence-corrected chi connectivity index (χ1v) is 5.85. The highest BCUT2D eigenvalue weighted by Crippen LogP contribution is 2.35. The van der Waals surface area contributed by atoms with Crippen LogP contribution in [0.1, 0.15) is 12.0 Å². The summed E-state index contributed by atoms with van der Waals surface area (Å²) in [5.41, 5.74) is -1.74. The minimum Gasteiger partial charge on any atom is -0.487 e. The largest absolute Gasteiger partial charge is 0.487 e. The zero-order chi connectivity index (χ0) is 15.3. The first kappa shape index (κ1) is 16.2. The molecule has 0 aliphatic carbocycles. The van der Waals surface area contributed by atoms with Crippen molar-refractivity contribution in [2.75, 3.05) is 27.2 Å². The Morgan fingerprint density at radius 1 is 1.35 bits per heavy atom. The number of rotatable bonds is 6. The maximum Gasteiger partial charge on any atom is 0.416 e. The predicted molar refractivity (Wildman–Crippen MR) is 66.8 cm³/mol. The Kier molecular flexibility index (Phi) is 5.32. The van der Waals surface area contributed by atoms with E-state index in [0.29, 0.717) is 19.0 Å². The summed E-state index contributed by atoms with van der Waals surface area (Å²) in [7, 11) is 3.72. The van der Waals surface area contributed by atoms with E-state index in [0.717, 1.165) is 12.1 Å². The number of hydrogen-bond donors (Lipinski definition) is 0. The van der Waals surface area contributed by atoms with Crippen molar-refractivity contribution in [1.82, 2.24) is 4.90 Å². The van der Waals surface area contributed by atoms with Gasteiger partial charge in [-0.25, -0.2) is 0 Å². The Balaban J connectivity index is 2.83. The van der Waals surface area contributed by atoms with Gasteiger partial charge in [0.25, 0.3) is 0 Å². The van der Waals surface area contributed by atoms with Gasteiger partial charge < -0.3 is 9.64 Å². The third-order valence-electron chi connectivity index (χ3n) is 2.49. The molecule has 20 heavy (non-hydrogen) atoms. The number of benzene rings is 1. The second-order valence-electron chi connectivity index (χ2n) is 4.44. The molecule has 1 rings (SSSR count). The summed E-state index contributed by atoms with van der Waals surface area (Å²) in [5.74, 6) is -0.151. The van der Waals surface area contributed by atoms with Crippen molar-refractivity contribution in [2.45, 2.75) is 12.6 Å². The molecule has 0 bridgehead atoms. The van der Waals surface area contributed by atoms with Crippen molar-refractivity contribution >= 4 is 5.69 Å². The van der Waals surface area contributed by atoms with Crippen LogP contribution < -0.4 is 4.74 Å². The molecule has 0 aliphatic heterocycles. The van der Waals surface area contributed by atoms with Crippen molar-refractivity contribution < 1.29 is 22.8 Å². The smallest absolute Gasteiger partial charge is 0.416 e. The van der Waals surface area contributed by atoms with Gasteiger partial charge in [-0.2, -0.15) is 13.2 Å². The Morgan fingerprint density at radius 3 is 2.50 bits per heavy atom. The zero-order valence-electron chi connectivity index (χ0n) is 11.1. The van der Waals surface area contributed by atoms with Crippen molar-refractivity contribution in [3.05, 3.63) is 33.9 Å². The molecule has 8 heteroatoms. The topological polar surface area (TPSA) is 55.6 Å². The minimum absolute atomic E-state index is 0.151. The number of halogens is 3. The summed E-state index contributed by atoms with van der Waals surface area (Å²) >= 11 is 0. The molecule has 0 fully saturated rings. The summed E-state index contributed by atoms with van der Waals surface area (Å²) in [6.45, 7) is 0.915. The van der Waals surface area contributed by atoms with E-state index < -0.39 is 22.4 Å². The third kappa shape index (κ3) is 4.69. The van der Waals surface area contributed by atoms with E-state index in [-0.39, 0.29) is 12.4 Å². The molecule has 0 heterocycles. The van der Waals surface area contributed by atoms with Crippen LogP contribution in [-0.4, -0.2) is 37.1 Å². The van der Waals surface area contributed by atoms with Crippen LogP contribution in [0.15, 0.2) is 18.2 Å². The van der Waals surface area contributed by atoms with E-state index in [9.17, 15) is 23.3 Å². The Labute approximate surface area is 114 Å². The highest BCUT2D eigenvalue weighted by Gasteiger charge is 2.33. The van der Waals surface area contributed by atoms with E-state index >= 15 is 0 Å². The van der Waals surface area contributed by atoms with Crippen LogP contribution in [0.25, 0.3) is 0 Å². The fourth-order valence-electron chi connectivity index (χ4n) is 1.52. The first-order chi connectivity index (χ1) is 9.21. The van der Waals surface area contributed by atoms with Crippen molar-refractivity contribution in [3.63, 3.8) is 0 Å². The lowest BCUT2D eigenvalue weighted by Crippen LogP contribution is -2.15. The molecular formula is C12H15F3N2O3. The molecule has 0 unspecified atom stereocenters. The second kappa shape index (κ2) is 6.56. The average Bonchev–Trinajstić information content (AvgIpc) is 2.33. The summed E-state index contributed by atoms with van der Waals surface area (Å²) < 4.78 is 42.6. The third-order valence-corrected chi connectivity index (χ3v) is 2.49. The molecular weight excluding hydrogens is 277 g/mol. The maximum absolute atomic E-state index is 12.5. The fraction of sp³-hybridized carbons (Fsp3) is 0.500. The van der Waals surface area contributed by atoms with Crippen molar-refractivity contribution in [1.29, 1.82) is 0 Å². The van der Waals surface area contributed by atoms with Gasteiger partial charge in [-0.05, 0) is 32.6 Å². The van der Waals surface area contributed by atoms with Crippen molar-refractivity contribution in [2.24, 2.45) is 0 Å². The van der Waals surface area contributed by atoms with Gasteiger partial charge in [-0.1, -0.05) is 0 Å². The van der Waals surface area contributed by atoms with Crippen LogP contribution in [0.2, 0.25) is 0 Å². The Bertz CT molecular complexity index is 476. The highest BCUT2D eigenvalue weighted by atomic mass is 19.4. The van der Waals surface area contributed by atoms with Crippen LogP contribution in [0, 0.1) is 10.1 Å². The normalized spacial score (nSPS) is 11.7. The van der Waals surface area contributed by atoms with Crippen LogP contribution >= 0.6 is 0 Å². The minimum atomic E-state index is -4.62. The summed E-state index contributed by atoms with van der Waals surface area (Å²) in [5, 5.41) is 10.8. The molecule has 1 aromatic carbocycles. The lowest BCUT2D eigenvalue weighted by molar-refractivity contribution is -0.386. The molecule has 0 atom stereocenters. The van der Waals surface area contributed by atoms with Gasteiger partial charge in [0.15, 0.2) is 5.75 Å². The van der Waals surface area contributed by atoms with Gasteiger partial charge in [0.1, 0.15) is 0 Å². The van der Waals surface area contributed by atoms with E-state index in [1.807, 2.05) is 19.0 Å².